The largest absolute Gasteiger partial charge is 0.394 e. The van der Waals surface area contributed by atoms with Gasteiger partial charge in [-0.1, -0.05) is 20.8 Å². The maximum atomic E-state index is 13.9. The Labute approximate surface area is 357 Å². The Hall–Kier alpha value is -2.11. The summed E-state index contributed by atoms with van der Waals surface area (Å²) in [7, 11) is 0. The van der Waals surface area contributed by atoms with Gasteiger partial charge >= 0.3 is 0 Å². The molecular weight excluding hydrogens is 802 g/mol. The summed E-state index contributed by atoms with van der Waals surface area (Å²) in [4.78, 5) is 40.3. The zero-order chi connectivity index (χ0) is 45.6. The van der Waals surface area contributed by atoms with Crippen LogP contribution >= 0.6 is 0 Å². The molecule has 19 heteroatoms. The molecule has 0 aromatic carbocycles. The zero-order valence-corrected chi connectivity index (χ0v) is 35.8. The van der Waals surface area contributed by atoms with Crippen molar-refractivity contribution in [2.45, 2.75) is 159 Å². The number of aliphatic hydroxyl groups excluding tert-OH is 13. The zero-order valence-electron chi connectivity index (χ0n) is 35.8. The van der Waals surface area contributed by atoms with Crippen molar-refractivity contribution in [2.75, 3.05) is 39.4 Å². The molecule has 0 aromatic heterocycles. The number of fused-ring (bicyclic) bond motifs is 5. The molecule has 354 valence electrons. The Morgan fingerprint density at radius 2 is 1.23 bits per heavy atom. The van der Waals surface area contributed by atoms with Gasteiger partial charge in [-0.05, 0) is 111 Å². The highest BCUT2D eigenvalue weighted by Gasteiger charge is 2.65. The summed E-state index contributed by atoms with van der Waals surface area (Å²) in [6.07, 6.45) is -11.3. The first-order chi connectivity index (χ1) is 28.6. The number of carbonyl (C=O) groups is 3. The van der Waals surface area contributed by atoms with Crippen molar-refractivity contribution in [3.63, 3.8) is 0 Å². The standard InChI is InChI=1S/C42H75N3O16/c1-21(24-7-8-25-32-26(18-30(52)42(24,25)3)41(2)11-10-23(48)16-22(41)17-27(32)49)6-9-31(53)45(14-4-12-43-39(60)37(58)35(56)33(54)28(50)19-46)15-5-13-44-40(61)38(59)36(57)34(55)29(51)20-47/h21-30,32-38,46-52,54-59H,4-20H2,1-3H3,(H,43,60)(H,44,61)/t21-,22+,23-,24-,25-,26-,27-,28-,29-,30+,32-,33-,34-,35+,36+,37-,38-,41+,42-/m1/s1. The van der Waals surface area contributed by atoms with Crippen molar-refractivity contribution in [1.82, 2.24) is 15.5 Å². The van der Waals surface area contributed by atoms with Crippen molar-refractivity contribution < 1.29 is 80.8 Å². The first kappa shape index (κ1) is 51.5. The second-order valence-electron chi connectivity index (χ2n) is 19.1. The Morgan fingerprint density at radius 1 is 0.705 bits per heavy atom. The second-order valence-corrected chi connectivity index (χ2v) is 19.1. The fourth-order valence-electron chi connectivity index (χ4n) is 11.7. The predicted octanol–water partition coefficient (Wildman–Crippen LogP) is -3.92. The van der Waals surface area contributed by atoms with Gasteiger partial charge in [0.25, 0.3) is 11.8 Å². The summed E-state index contributed by atoms with van der Waals surface area (Å²) < 4.78 is 0. The van der Waals surface area contributed by atoms with Crippen LogP contribution in [0.3, 0.4) is 0 Å². The average molecular weight is 878 g/mol. The van der Waals surface area contributed by atoms with Gasteiger partial charge in [-0.2, -0.15) is 0 Å². The molecule has 0 heterocycles. The van der Waals surface area contributed by atoms with Gasteiger partial charge in [0.2, 0.25) is 5.91 Å². The molecule has 4 aliphatic carbocycles. The topological polar surface area (TPSA) is 342 Å². The molecule has 19 atom stereocenters. The molecule has 0 unspecified atom stereocenters. The molecule has 0 bridgehead atoms. The van der Waals surface area contributed by atoms with E-state index in [1.165, 1.54) is 4.90 Å². The number of hydrogen-bond acceptors (Lipinski definition) is 16. The molecule has 3 amide bonds. The molecule has 0 radical (unpaired) electrons. The number of amides is 3. The lowest BCUT2D eigenvalue weighted by Crippen LogP contribution is -2.62. The highest BCUT2D eigenvalue weighted by molar-refractivity contribution is 5.81. The summed E-state index contributed by atoms with van der Waals surface area (Å²) in [6, 6.07) is 0. The van der Waals surface area contributed by atoms with Crippen molar-refractivity contribution in [3.05, 3.63) is 0 Å². The SMILES string of the molecule is C[C@H](CCC(=O)N(CCCNC(=O)[C@H](O)[C@@H](O)[C@H](O)[C@H](O)CO)CCCNC(=O)[C@H](O)[C@@H](O)[C@H](O)[C@H](O)CO)[C@H]1CC[C@@H]2[C@H]3[C@H](O)C[C@@H]4C[C@H](O)CC[C@]4(C)[C@@H]3C[C@H](O)[C@@]21C. The first-order valence-electron chi connectivity index (χ1n) is 22.2. The lowest BCUT2D eigenvalue weighted by Gasteiger charge is -2.63. The number of aliphatic hydroxyl groups is 13. The van der Waals surface area contributed by atoms with E-state index in [0.717, 1.165) is 25.7 Å². The van der Waals surface area contributed by atoms with E-state index in [1.807, 2.05) is 0 Å². The smallest absolute Gasteiger partial charge is 0.251 e. The van der Waals surface area contributed by atoms with Crippen LogP contribution < -0.4 is 10.6 Å². The molecular formula is C42H75N3O16. The predicted molar refractivity (Wildman–Crippen MR) is 216 cm³/mol. The lowest BCUT2D eigenvalue weighted by atomic mass is 9.43. The summed E-state index contributed by atoms with van der Waals surface area (Å²) in [5, 5.41) is 136. The van der Waals surface area contributed by atoms with E-state index in [1.54, 1.807) is 0 Å². The number of carbonyl (C=O) groups excluding carboxylic acids is 3. The molecule has 61 heavy (non-hydrogen) atoms. The van der Waals surface area contributed by atoms with Crippen LogP contribution in [0.25, 0.3) is 0 Å². The normalized spacial score (nSPS) is 35.5. The van der Waals surface area contributed by atoms with Gasteiger partial charge < -0.3 is 81.9 Å². The molecule has 4 fully saturated rings. The lowest BCUT2D eigenvalue weighted by molar-refractivity contribution is -0.207. The van der Waals surface area contributed by atoms with E-state index >= 15 is 0 Å². The van der Waals surface area contributed by atoms with Gasteiger partial charge in [0.05, 0.1) is 31.5 Å². The van der Waals surface area contributed by atoms with E-state index < -0.39 is 91.5 Å². The molecule has 0 aromatic rings. The van der Waals surface area contributed by atoms with E-state index in [9.17, 15) is 70.6 Å². The molecule has 4 aliphatic rings. The van der Waals surface area contributed by atoms with Crippen LogP contribution in [0.5, 0.6) is 0 Å². The minimum absolute atomic E-state index is 0.0275. The summed E-state index contributed by atoms with van der Waals surface area (Å²) in [5.41, 5.74) is -0.524. The minimum atomic E-state index is -2.13. The van der Waals surface area contributed by atoms with Crippen molar-refractivity contribution in [2.24, 2.45) is 46.3 Å². The summed E-state index contributed by atoms with van der Waals surface area (Å²) in [6.45, 7) is 4.76. The molecule has 19 nitrogen and oxygen atoms in total. The van der Waals surface area contributed by atoms with E-state index in [-0.39, 0.29) is 98.4 Å². The van der Waals surface area contributed by atoms with Crippen molar-refractivity contribution in [3.8, 4) is 0 Å². The highest BCUT2D eigenvalue weighted by atomic mass is 16.4. The Bertz CT molecular complexity index is 1380. The maximum absolute atomic E-state index is 13.9. The molecule has 4 saturated carbocycles. The Morgan fingerprint density at radius 3 is 1.74 bits per heavy atom. The molecule has 0 saturated heterocycles. The van der Waals surface area contributed by atoms with Crippen molar-refractivity contribution in [1.29, 1.82) is 0 Å². The third-order valence-corrected chi connectivity index (χ3v) is 15.5. The Kier molecular flexibility index (Phi) is 18.7. The fourth-order valence-corrected chi connectivity index (χ4v) is 11.7. The molecule has 0 spiro atoms. The van der Waals surface area contributed by atoms with Crippen LogP contribution in [0.4, 0.5) is 0 Å². The number of nitrogens with one attached hydrogen (secondary N) is 2. The van der Waals surface area contributed by atoms with E-state index in [4.69, 9.17) is 10.2 Å². The summed E-state index contributed by atoms with van der Waals surface area (Å²) in [5.74, 6) is -1.73. The van der Waals surface area contributed by atoms with Gasteiger partial charge in [0.1, 0.15) is 36.6 Å². The quantitative estimate of drug-likeness (QED) is 0.0462. The fraction of sp³-hybridized carbons (Fsp3) is 0.929. The van der Waals surface area contributed by atoms with Gasteiger partial charge in [0.15, 0.2) is 12.2 Å². The molecule has 0 aliphatic heterocycles. The third-order valence-electron chi connectivity index (χ3n) is 15.5. The van der Waals surface area contributed by atoms with Crippen LogP contribution in [0.2, 0.25) is 0 Å². The highest BCUT2D eigenvalue weighted by Crippen LogP contribution is 2.68. The monoisotopic (exact) mass is 878 g/mol. The van der Waals surface area contributed by atoms with Gasteiger partial charge in [-0.3, -0.25) is 14.4 Å². The minimum Gasteiger partial charge on any atom is -0.394 e. The number of rotatable bonds is 22. The number of nitrogens with zero attached hydrogens (tertiary/aromatic N) is 1. The summed E-state index contributed by atoms with van der Waals surface area (Å²) >= 11 is 0. The second kappa shape index (κ2) is 22.2. The van der Waals surface area contributed by atoms with Gasteiger partial charge in [0, 0.05) is 32.6 Å². The number of hydrogen-bond donors (Lipinski definition) is 15. The van der Waals surface area contributed by atoms with E-state index in [2.05, 4.69) is 31.4 Å². The van der Waals surface area contributed by atoms with Crippen molar-refractivity contribution >= 4 is 17.7 Å². The molecule has 4 rings (SSSR count). The van der Waals surface area contributed by atoms with Crippen LogP contribution in [0.15, 0.2) is 0 Å². The maximum Gasteiger partial charge on any atom is 0.251 e. The Balaban J connectivity index is 1.37. The van der Waals surface area contributed by atoms with Gasteiger partial charge in [-0.25, -0.2) is 0 Å². The van der Waals surface area contributed by atoms with Crippen LogP contribution in [-0.4, -0.2) is 196 Å². The third kappa shape index (κ3) is 11.4. The average Bonchev–Trinajstić information content (AvgIpc) is 3.61. The molecule has 15 N–H and O–H groups in total. The van der Waals surface area contributed by atoms with Crippen LogP contribution in [0.1, 0.15) is 91.4 Å². The van der Waals surface area contributed by atoms with Crippen LogP contribution in [0, 0.1) is 46.3 Å². The first-order valence-corrected chi connectivity index (χ1v) is 22.2. The van der Waals surface area contributed by atoms with Gasteiger partial charge in [-0.15, -0.1) is 0 Å². The van der Waals surface area contributed by atoms with E-state index in [0.29, 0.717) is 25.7 Å². The van der Waals surface area contributed by atoms with Crippen LogP contribution in [-0.2, 0) is 14.4 Å².